The van der Waals surface area contributed by atoms with E-state index in [2.05, 4.69) is 4.72 Å². The number of ether oxygens (including phenoxy) is 1. The van der Waals surface area contributed by atoms with Crippen LogP contribution in [-0.2, 0) is 11.0 Å². The molecule has 114 valence electrons. The molecule has 3 nitrogen and oxygen atoms in total. The van der Waals surface area contributed by atoms with Gasteiger partial charge in [-0.05, 0) is 38.5 Å². The van der Waals surface area contributed by atoms with Gasteiger partial charge < -0.3 is 4.74 Å². The van der Waals surface area contributed by atoms with Gasteiger partial charge in [0.25, 0.3) is 0 Å². The van der Waals surface area contributed by atoms with Crippen molar-refractivity contribution in [3.8, 4) is 5.75 Å². The van der Waals surface area contributed by atoms with Crippen LogP contribution < -0.4 is 9.46 Å². The van der Waals surface area contributed by atoms with E-state index in [-0.39, 0.29) is 5.56 Å². The second kappa shape index (κ2) is 6.13. The molecule has 1 N–H and O–H groups in total. The van der Waals surface area contributed by atoms with E-state index in [0.29, 0.717) is 5.75 Å². The van der Waals surface area contributed by atoms with Crippen LogP contribution in [0, 0.1) is 0 Å². The van der Waals surface area contributed by atoms with Gasteiger partial charge in [-0.15, -0.1) is 0 Å². The summed E-state index contributed by atoms with van der Waals surface area (Å²) >= 11 is 0. The maximum absolute atomic E-state index is 13.2. The second-order valence-electron chi connectivity index (χ2n) is 5.25. The van der Waals surface area contributed by atoms with Crippen LogP contribution >= 0.6 is 0 Å². The van der Waals surface area contributed by atoms with E-state index in [0.717, 1.165) is 0 Å². The molecule has 7 heteroatoms. The van der Waals surface area contributed by atoms with Gasteiger partial charge in [-0.25, -0.2) is 8.93 Å². The van der Waals surface area contributed by atoms with E-state index in [1.807, 2.05) is 0 Å². The van der Waals surface area contributed by atoms with E-state index in [9.17, 15) is 17.4 Å². The smallest absolute Gasteiger partial charge is 0.408 e. The fourth-order valence-corrected chi connectivity index (χ4v) is 2.27. The molecular formula is C13H18F3NO2S. The molecule has 0 aliphatic carbocycles. The van der Waals surface area contributed by atoms with Crippen LogP contribution in [0.1, 0.15) is 32.4 Å². The van der Waals surface area contributed by atoms with Gasteiger partial charge in [0.15, 0.2) is 0 Å². The van der Waals surface area contributed by atoms with Crippen molar-refractivity contribution >= 4 is 11.0 Å². The lowest BCUT2D eigenvalue weighted by atomic mass is 10.1. The highest BCUT2D eigenvalue weighted by Crippen LogP contribution is 2.35. The minimum Gasteiger partial charge on any atom is -0.497 e. The Morgan fingerprint density at radius 2 is 1.85 bits per heavy atom. The minimum absolute atomic E-state index is 0.0329. The summed E-state index contributed by atoms with van der Waals surface area (Å²) < 4.78 is 57.7. The van der Waals surface area contributed by atoms with Crippen LogP contribution in [0.5, 0.6) is 5.75 Å². The van der Waals surface area contributed by atoms with E-state index in [1.165, 1.54) is 25.3 Å². The quantitative estimate of drug-likeness (QED) is 0.926. The molecule has 0 aliphatic rings. The van der Waals surface area contributed by atoms with E-state index in [4.69, 9.17) is 4.74 Å². The molecule has 0 heterocycles. The highest BCUT2D eigenvalue weighted by molar-refractivity contribution is 7.84. The molecule has 2 atom stereocenters. The summed E-state index contributed by atoms with van der Waals surface area (Å²) in [5.74, 6) is 0.320. The fraction of sp³-hybridized carbons (Fsp3) is 0.538. The zero-order valence-corrected chi connectivity index (χ0v) is 12.6. The van der Waals surface area contributed by atoms with Crippen molar-refractivity contribution in [2.45, 2.75) is 37.7 Å². The molecule has 0 aliphatic heterocycles. The summed E-state index contributed by atoms with van der Waals surface area (Å²) in [6, 6.07) is 3.63. The number of halogens is 3. The molecule has 0 fully saturated rings. The number of methoxy groups -OCH3 is 1. The zero-order valence-electron chi connectivity index (χ0n) is 11.7. The van der Waals surface area contributed by atoms with Crippen LogP contribution in [-0.4, -0.2) is 22.2 Å². The molecule has 1 rings (SSSR count). The lowest BCUT2D eigenvalue weighted by Gasteiger charge is -2.26. The molecule has 0 aromatic heterocycles. The number of benzene rings is 1. The molecule has 0 bridgehead atoms. The van der Waals surface area contributed by atoms with Gasteiger partial charge in [0.05, 0.1) is 22.8 Å². The highest BCUT2D eigenvalue weighted by Gasteiger charge is 2.43. The topological polar surface area (TPSA) is 38.3 Å². The normalized spacial score (nSPS) is 15.8. The van der Waals surface area contributed by atoms with E-state index >= 15 is 0 Å². The lowest BCUT2D eigenvalue weighted by Crippen LogP contribution is -2.41. The Kier molecular flexibility index (Phi) is 5.21. The number of rotatable bonds is 4. The Morgan fingerprint density at radius 3 is 2.30 bits per heavy atom. The van der Waals surface area contributed by atoms with Gasteiger partial charge in [0.1, 0.15) is 11.8 Å². The van der Waals surface area contributed by atoms with Crippen LogP contribution in [0.3, 0.4) is 0 Å². The Balaban J connectivity index is 3.10. The number of hydrogen-bond donors (Lipinski definition) is 1. The predicted octanol–water partition coefficient (Wildman–Crippen LogP) is 3.35. The standard InChI is InChI=1S/C13H18F3NO2S/c1-12(2,3)20(18)17-11(13(14,15)16)9-6-5-7-10(8-9)19-4/h5-8,11,17H,1-4H3/t11-,20-/m0/s1. The zero-order chi connectivity index (χ0) is 15.6. The van der Waals surface area contributed by atoms with Crippen molar-refractivity contribution in [3.63, 3.8) is 0 Å². The van der Waals surface area contributed by atoms with E-state index in [1.54, 1.807) is 26.8 Å². The highest BCUT2D eigenvalue weighted by atomic mass is 32.2. The molecule has 1 aromatic rings. The lowest BCUT2D eigenvalue weighted by molar-refractivity contribution is -0.152. The largest absolute Gasteiger partial charge is 0.497 e. The number of alkyl halides is 3. The molecule has 0 amide bonds. The van der Waals surface area contributed by atoms with Gasteiger partial charge in [-0.1, -0.05) is 12.1 Å². The third-order valence-corrected chi connectivity index (χ3v) is 4.10. The predicted molar refractivity (Wildman–Crippen MR) is 72.8 cm³/mol. The Hall–Kier alpha value is -1.08. The molecule has 1 aromatic carbocycles. The fourth-order valence-electron chi connectivity index (χ4n) is 1.43. The van der Waals surface area contributed by atoms with Crippen molar-refractivity contribution in [2.75, 3.05) is 7.11 Å². The summed E-state index contributed by atoms with van der Waals surface area (Å²) in [6.07, 6.45) is -4.55. The summed E-state index contributed by atoms with van der Waals surface area (Å²) in [5.41, 5.74) is -0.0329. The Bertz CT molecular complexity index is 483. The van der Waals surface area contributed by atoms with Crippen molar-refractivity contribution in [2.24, 2.45) is 0 Å². The summed E-state index contributed by atoms with van der Waals surface area (Å²) in [6.45, 7) is 4.82. The Labute approximate surface area is 119 Å². The van der Waals surface area contributed by atoms with Gasteiger partial charge in [0, 0.05) is 0 Å². The summed E-state index contributed by atoms with van der Waals surface area (Å²) in [7, 11) is -0.456. The SMILES string of the molecule is COc1cccc([C@H](N[S@@](=O)C(C)(C)C)C(F)(F)F)c1. The van der Waals surface area contributed by atoms with Gasteiger partial charge in [0.2, 0.25) is 0 Å². The van der Waals surface area contributed by atoms with Gasteiger partial charge >= 0.3 is 6.18 Å². The van der Waals surface area contributed by atoms with Crippen LogP contribution in [0.25, 0.3) is 0 Å². The van der Waals surface area contributed by atoms with Crippen molar-refractivity contribution in [3.05, 3.63) is 29.8 Å². The Morgan fingerprint density at radius 1 is 1.25 bits per heavy atom. The molecule has 0 saturated carbocycles. The number of hydrogen-bond acceptors (Lipinski definition) is 2. The first-order valence-corrected chi connectivity index (χ1v) is 7.09. The monoisotopic (exact) mass is 309 g/mol. The molecule has 0 radical (unpaired) electrons. The maximum atomic E-state index is 13.2. The maximum Gasteiger partial charge on any atom is 0.408 e. The summed E-state index contributed by atoms with van der Waals surface area (Å²) in [5, 5.41) is 0. The first-order valence-electron chi connectivity index (χ1n) is 5.94. The average Bonchev–Trinajstić information content (AvgIpc) is 2.33. The van der Waals surface area contributed by atoms with Crippen LogP contribution in [0.4, 0.5) is 13.2 Å². The second-order valence-corrected chi connectivity index (χ2v) is 7.25. The van der Waals surface area contributed by atoms with E-state index < -0.39 is 28.0 Å². The van der Waals surface area contributed by atoms with Crippen molar-refractivity contribution < 1.29 is 22.1 Å². The summed E-state index contributed by atoms with van der Waals surface area (Å²) in [4.78, 5) is 0. The van der Waals surface area contributed by atoms with Gasteiger partial charge in [-0.2, -0.15) is 13.2 Å². The molecule has 20 heavy (non-hydrogen) atoms. The first-order chi connectivity index (χ1) is 9.05. The average molecular weight is 309 g/mol. The van der Waals surface area contributed by atoms with Gasteiger partial charge in [-0.3, -0.25) is 0 Å². The first kappa shape index (κ1) is 17.0. The molecular weight excluding hydrogens is 291 g/mol. The van der Waals surface area contributed by atoms with Crippen LogP contribution in [0.15, 0.2) is 24.3 Å². The van der Waals surface area contributed by atoms with Crippen LogP contribution in [0.2, 0.25) is 0 Å². The number of nitrogens with one attached hydrogen (secondary N) is 1. The van der Waals surface area contributed by atoms with Crippen molar-refractivity contribution in [1.82, 2.24) is 4.72 Å². The molecule has 0 spiro atoms. The third kappa shape index (κ3) is 4.49. The third-order valence-electron chi connectivity index (χ3n) is 2.54. The minimum atomic E-state index is -4.55. The van der Waals surface area contributed by atoms with Crippen molar-refractivity contribution in [1.29, 1.82) is 0 Å². The molecule has 0 unspecified atom stereocenters. The molecule has 0 saturated heterocycles.